The molecule has 144 valence electrons. The molecule has 0 aliphatic carbocycles. The molecule has 7 heteroatoms. The molecule has 0 bridgehead atoms. The largest absolute Gasteiger partial charge is 0.326 e. The lowest BCUT2D eigenvalue weighted by Gasteiger charge is -2.30. The van der Waals surface area contributed by atoms with Gasteiger partial charge in [0, 0.05) is 29.7 Å². The molecule has 1 saturated heterocycles. The highest BCUT2D eigenvalue weighted by Gasteiger charge is 2.32. The lowest BCUT2D eigenvalue weighted by molar-refractivity contribution is -0.120. The maximum atomic E-state index is 12.8. The Morgan fingerprint density at radius 3 is 2.33 bits per heavy atom. The van der Waals surface area contributed by atoms with Crippen molar-refractivity contribution in [3.05, 3.63) is 58.6 Å². The van der Waals surface area contributed by atoms with Crippen molar-refractivity contribution in [2.45, 2.75) is 31.6 Å². The number of benzene rings is 2. The third-order valence-electron chi connectivity index (χ3n) is 4.94. The molecule has 1 fully saturated rings. The van der Waals surface area contributed by atoms with Gasteiger partial charge in [-0.25, -0.2) is 8.42 Å². The van der Waals surface area contributed by atoms with Crippen molar-refractivity contribution >= 4 is 33.2 Å². The van der Waals surface area contributed by atoms with E-state index in [9.17, 15) is 13.2 Å². The van der Waals surface area contributed by atoms with Crippen LogP contribution in [0.15, 0.2) is 47.4 Å². The average Bonchev–Trinajstić information content (AvgIpc) is 2.65. The monoisotopic (exact) mass is 406 g/mol. The lowest BCUT2D eigenvalue weighted by atomic mass is 9.97. The van der Waals surface area contributed by atoms with Crippen molar-refractivity contribution in [2.75, 3.05) is 18.4 Å². The van der Waals surface area contributed by atoms with Gasteiger partial charge in [0.2, 0.25) is 15.9 Å². The number of rotatable bonds is 4. The minimum absolute atomic E-state index is 0.0900. The van der Waals surface area contributed by atoms with Gasteiger partial charge in [-0.2, -0.15) is 4.31 Å². The number of piperidine rings is 1. The van der Waals surface area contributed by atoms with Crippen LogP contribution in [0.2, 0.25) is 5.02 Å². The number of nitrogens with one attached hydrogen (secondary N) is 1. The molecule has 0 spiro atoms. The van der Waals surface area contributed by atoms with Gasteiger partial charge >= 0.3 is 0 Å². The van der Waals surface area contributed by atoms with Crippen molar-refractivity contribution in [3.63, 3.8) is 0 Å². The van der Waals surface area contributed by atoms with E-state index in [1.165, 1.54) is 4.31 Å². The Labute approximate surface area is 165 Å². The number of carbonyl (C=O) groups excluding carboxylic acids is 1. The van der Waals surface area contributed by atoms with Crippen LogP contribution in [0.3, 0.4) is 0 Å². The van der Waals surface area contributed by atoms with Crippen LogP contribution in [0.4, 0.5) is 5.69 Å². The third kappa shape index (κ3) is 4.51. The van der Waals surface area contributed by atoms with Gasteiger partial charge in [0.05, 0.1) is 4.90 Å². The normalized spacial score (nSPS) is 16.3. The Morgan fingerprint density at radius 2 is 1.70 bits per heavy atom. The lowest BCUT2D eigenvalue weighted by Crippen LogP contribution is -2.41. The fourth-order valence-corrected chi connectivity index (χ4v) is 4.82. The topological polar surface area (TPSA) is 66.5 Å². The van der Waals surface area contributed by atoms with E-state index in [1.807, 2.05) is 19.9 Å². The molecular weight excluding hydrogens is 384 g/mol. The molecule has 2 aromatic carbocycles. The minimum Gasteiger partial charge on any atom is -0.326 e. The van der Waals surface area contributed by atoms with E-state index in [1.54, 1.807) is 36.4 Å². The quantitative estimate of drug-likeness (QED) is 0.834. The summed E-state index contributed by atoms with van der Waals surface area (Å²) in [5, 5.41) is 3.49. The number of amides is 1. The summed E-state index contributed by atoms with van der Waals surface area (Å²) < 4.78 is 27.0. The predicted octanol–water partition coefficient (Wildman–Crippen LogP) is 4.00. The molecule has 0 atom stereocenters. The molecular formula is C20H23ClN2O3S. The van der Waals surface area contributed by atoms with Crippen LogP contribution in [0.5, 0.6) is 0 Å². The van der Waals surface area contributed by atoms with Crippen LogP contribution in [0, 0.1) is 19.8 Å². The zero-order valence-corrected chi connectivity index (χ0v) is 17.0. The van der Waals surface area contributed by atoms with E-state index in [0.29, 0.717) is 41.5 Å². The molecule has 1 aliphatic heterocycles. The molecule has 0 saturated carbocycles. The predicted molar refractivity (Wildman–Crippen MR) is 107 cm³/mol. The van der Waals surface area contributed by atoms with Gasteiger partial charge in [-0.1, -0.05) is 35.4 Å². The molecule has 2 aromatic rings. The van der Waals surface area contributed by atoms with Crippen molar-refractivity contribution < 1.29 is 13.2 Å². The third-order valence-corrected chi connectivity index (χ3v) is 7.09. The van der Waals surface area contributed by atoms with E-state index >= 15 is 0 Å². The zero-order chi connectivity index (χ0) is 19.6. The highest BCUT2D eigenvalue weighted by atomic mass is 35.5. The first-order chi connectivity index (χ1) is 12.8. The van der Waals surface area contributed by atoms with Crippen LogP contribution in [-0.2, 0) is 14.8 Å². The van der Waals surface area contributed by atoms with Gasteiger partial charge in [-0.05, 0) is 56.5 Å². The molecule has 0 unspecified atom stereocenters. The second kappa shape index (κ2) is 8.00. The molecule has 3 rings (SSSR count). The zero-order valence-electron chi connectivity index (χ0n) is 15.4. The maximum Gasteiger partial charge on any atom is 0.243 e. The fourth-order valence-electron chi connectivity index (χ4n) is 3.18. The SMILES string of the molecule is Cc1ccc(S(=O)(=O)N2CCC(C(=O)Nc3cc(Cl)ccc3C)CC2)cc1. The summed E-state index contributed by atoms with van der Waals surface area (Å²) >= 11 is 6.00. The van der Waals surface area contributed by atoms with Gasteiger partial charge in [0.25, 0.3) is 0 Å². The number of aryl methyl sites for hydroxylation is 2. The van der Waals surface area contributed by atoms with Gasteiger partial charge in [-0.15, -0.1) is 0 Å². The maximum absolute atomic E-state index is 12.8. The standard InChI is InChI=1S/C20H23ClN2O3S/c1-14-3-7-18(8-4-14)27(25,26)23-11-9-16(10-12-23)20(24)22-19-13-17(21)6-5-15(19)2/h3-8,13,16H,9-12H2,1-2H3,(H,22,24). The Kier molecular flexibility index (Phi) is 5.89. The molecule has 1 amide bonds. The Bertz CT molecular complexity index is 934. The van der Waals surface area contributed by atoms with E-state index in [4.69, 9.17) is 11.6 Å². The number of anilines is 1. The van der Waals surface area contributed by atoms with E-state index < -0.39 is 10.0 Å². The average molecular weight is 407 g/mol. The van der Waals surface area contributed by atoms with Crippen LogP contribution in [-0.4, -0.2) is 31.7 Å². The number of sulfonamides is 1. The number of halogens is 1. The smallest absolute Gasteiger partial charge is 0.243 e. The number of hydrogen-bond acceptors (Lipinski definition) is 3. The van der Waals surface area contributed by atoms with Crippen LogP contribution in [0.25, 0.3) is 0 Å². The van der Waals surface area contributed by atoms with Gasteiger partial charge in [0.15, 0.2) is 0 Å². The van der Waals surface area contributed by atoms with E-state index in [0.717, 1.165) is 11.1 Å². The fraction of sp³-hybridized carbons (Fsp3) is 0.350. The molecule has 0 aromatic heterocycles. The summed E-state index contributed by atoms with van der Waals surface area (Å²) in [6.07, 6.45) is 0.993. The summed E-state index contributed by atoms with van der Waals surface area (Å²) in [6, 6.07) is 12.2. The molecule has 27 heavy (non-hydrogen) atoms. The highest BCUT2D eigenvalue weighted by molar-refractivity contribution is 7.89. The van der Waals surface area contributed by atoms with Gasteiger partial charge in [0.1, 0.15) is 0 Å². The summed E-state index contributed by atoms with van der Waals surface area (Å²) in [7, 11) is -3.51. The molecule has 5 nitrogen and oxygen atoms in total. The first kappa shape index (κ1) is 19.9. The second-order valence-electron chi connectivity index (χ2n) is 6.94. The van der Waals surface area contributed by atoms with Crippen LogP contribution < -0.4 is 5.32 Å². The summed E-state index contributed by atoms with van der Waals surface area (Å²) in [4.78, 5) is 12.9. The number of hydrogen-bond donors (Lipinski definition) is 1. The summed E-state index contributed by atoms with van der Waals surface area (Å²) in [6.45, 7) is 4.50. The Hall–Kier alpha value is -1.89. The first-order valence-corrected chi connectivity index (χ1v) is 10.7. The van der Waals surface area contributed by atoms with Crippen molar-refractivity contribution in [1.29, 1.82) is 0 Å². The van der Waals surface area contributed by atoms with Crippen LogP contribution >= 0.6 is 11.6 Å². The highest BCUT2D eigenvalue weighted by Crippen LogP contribution is 2.26. The van der Waals surface area contributed by atoms with Crippen molar-refractivity contribution in [1.82, 2.24) is 4.31 Å². The second-order valence-corrected chi connectivity index (χ2v) is 9.31. The Morgan fingerprint density at radius 1 is 1.07 bits per heavy atom. The van der Waals surface area contributed by atoms with E-state index in [2.05, 4.69) is 5.32 Å². The van der Waals surface area contributed by atoms with Crippen molar-refractivity contribution in [3.8, 4) is 0 Å². The molecule has 1 heterocycles. The minimum atomic E-state index is -3.51. The molecule has 1 aliphatic rings. The summed E-state index contributed by atoms with van der Waals surface area (Å²) in [5.74, 6) is -0.305. The molecule has 0 radical (unpaired) electrons. The van der Waals surface area contributed by atoms with Crippen molar-refractivity contribution in [2.24, 2.45) is 5.92 Å². The van der Waals surface area contributed by atoms with Crippen LogP contribution in [0.1, 0.15) is 24.0 Å². The van der Waals surface area contributed by atoms with E-state index in [-0.39, 0.29) is 11.8 Å². The van der Waals surface area contributed by atoms with Gasteiger partial charge < -0.3 is 5.32 Å². The van der Waals surface area contributed by atoms with Gasteiger partial charge in [-0.3, -0.25) is 4.79 Å². The molecule has 1 N–H and O–H groups in total. The number of carbonyl (C=O) groups is 1. The first-order valence-electron chi connectivity index (χ1n) is 8.91. The summed E-state index contributed by atoms with van der Waals surface area (Å²) in [5.41, 5.74) is 2.65. The Balaban J connectivity index is 1.63. The number of nitrogens with zero attached hydrogens (tertiary/aromatic N) is 1.